The van der Waals surface area contributed by atoms with E-state index in [4.69, 9.17) is 8.83 Å². The molecule has 0 saturated carbocycles. The molecular weight excluding hydrogens is 446 g/mol. The van der Waals surface area contributed by atoms with E-state index in [1.807, 2.05) is 27.7 Å². The van der Waals surface area contributed by atoms with Crippen molar-refractivity contribution in [3.8, 4) is 11.5 Å². The van der Waals surface area contributed by atoms with Gasteiger partial charge in [-0.05, 0) is 86.3 Å². The molecule has 2 N–H and O–H groups in total. The molecule has 5 aromatic rings. The van der Waals surface area contributed by atoms with Gasteiger partial charge in [-0.25, -0.2) is 9.59 Å². The van der Waals surface area contributed by atoms with E-state index in [0.717, 1.165) is 22.3 Å². The second-order valence-corrected chi connectivity index (χ2v) is 8.86. The van der Waals surface area contributed by atoms with Gasteiger partial charge < -0.3 is 19.0 Å². The second-order valence-electron chi connectivity index (χ2n) is 8.86. The Bertz CT molecular complexity index is 1640. The first-order valence-corrected chi connectivity index (χ1v) is 11.1. The molecule has 5 rings (SSSR count). The number of aromatic nitrogens is 1. The van der Waals surface area contributed by atoms with E-state index in [2.05, 4.69) is 4.98 Å². The van der Waals surface area contributed by atoms with Gasteiger partial charge in [-0.15, -0.1) is 0 Å². The predicted octanol–water partition coefficient (Wildman–Crippen LogP) is 5.12. The summed E-state index contributed by atoms with van der Waals surface area (Å²) >= 11 is 0. The summed E-state index contributed by atoms with van der Waals surface area (Å²) in [5.41, 5.74) is 2.20. The van der Waals surface area contributed by atoms with E-state index in [0.29, 0.717) is 10.8 Å². The smallest absolute Gasteiger partial charge is 0.344 e. The molecule has 0 aliphatic carbocycles. The minimum atomic E-state index is -1.24. The Morgan fingerprint density at radius 1 is 0.714 bits per heavy atom. The van der Waals surface area contributed by atoms with Gasteiger partial charge in [0.15, 0.2) is 0 Å². The normalized spacial score (nSPS) is 11.6. The molecule has 0 fully saturated rings. The highest BCUT2D eigenvalue weighted by Crippen LogP contribution is 2.42. The van der Waals surface area contributed by atoms with Crippen molar-refractivity contribution in [3.05, 3.63) is 109 Å². The van der Waals surface area contributed by atoms with E-state index < -0.39 is 17.2 Å². The summed E-state index contributed by atoms with van der Waals surface area (Å²) in [6, 6.07) is 11.8. The van der Waals surface area contributed by atoms with Gasteiger partial charge >= 0.3 is 11.3 Å². The molecule has 7 nitrogen and oxygen atoms in total. The quantitative estimate of drug-likeness (QED) is 0.353. The molecule has 0 atom stereocenters. The van der Waals surface area contributed by atoms with Crippen molar-refractivity contribution in [1.29, 1.82) is 0 Å². The molecule has 0 saturated heterocycles. The van der Waals surface area contributed by atoms with Crippen LogP contribution < -0.4 is 11.3 Å². The van der Waals surface area contributed by atoms with Crippen molar-refractivity contribution in [2.24, 2.45) is 0 Å². The monoisotopic (exact) mass is 469 g/mol. The van der Waals surface area contributed by atoms with Crippen molar-refractivity contribution in [2.75, 3.05) is 0 Å². The average molecular weight is 469 g/mol. The maximum absolute atomic E-state index is 13.3. The lowest BCUT2D eigenvalue weighted by molar-refractivity contribution is 0.440. The molecule has 0 amide bonds. The van der Waals surface area contributed by atoms with Crippen LogP contribution in [0.15, 0.2) is 67.1 Å². The minimum absolute atomic E-state index is 0.203. The van der Waals surface area contributed by atoms with E-state index in [1.165, 1.54) is 6.20 Å². The van der Waals surface area contributed by atoms with E-state index in [-0.39, 0.29) is 39.5 Å². The predicted molar refractivity (Wildman–Crippen MR) is 132 cm³/mol. The van der Waals surface area contributed by atoms with Crippen LogP contribution in [0.2, 0.25) is 0 Å². The van der Waals surface area contributed by atoms with E-state index in [9.17, 15) is 19.8 Å². The lowest BCUT2D eigenvalue weighted by Gasteiger charge is -2.19. The number of fused-ring (bicyclic) bond motifs is 2. The molecule has 3 aromatic heterocycles. The van der Waals surface area contributed by atoms with Crippen LogP contribution in [0.3, 0.4) is 0 Å². The number of hydrogen-bond acceptors (Lipinski definition) is 7. The van der Waals surface area contributed by atoms with Gasteiger partial charge in [0, 0.05) is 6.20 Å². The zero-order chi connectivity index (χ0) is 25.0. The Kier molecular flexibility index (Phi) is 5.20. The van der Waals surface area contributed by atoms with Gasteiger partial charge in [0.05, 0.1) is 33.5 Å². The second kappa shape index (κ2) is 8.13. The molecule has 3 heterocycles. The highest BCUT2D eigenvalue weighted by atomic mass is 16.4. The minimum Gasteiger partial charge on any atom is -0.507 e. The first-order chi connectivity index (χ1) is 16.7. The van der Waals surface area contributed by atoms with Crippen molar-refractivity contribution in [2.45, 2.75) is 33.6 Å². The number of benzene rings is 2. The maximum Gasteiger partial charge on any atom is 0.344 e. The molecule has 2 aromatic carbocycles. The standard InChI is InChI=1S/C28H23NO6/c1-13-9-17-20(11-15(13)3)34-27(32)23(25(17)30)22(19-7-5-6-8-29-19)24-26(31)18-10-14(2)16(4)12-21(18)35-28(24)33/h5-12,22,30-31H,1-4H3. The Morgan fingerprint density at radius 3 is 1.60 bits per heavy atom. The summed E-state index contributed by atoms with van der Waals surface area (Å²) < 4.78 is 11.2. The number of rotatable bonds is 3. The molecule has 0 radical (unpaired) electrons. The van der Waals surface area contributed by atoms with Crippen LogP contribution >= 0.6 is 0 Å². The van der Waals surface area contributed by atoms with Crippen molar-refractivity contribution < 1.29 is 19.0 Å². The van der Waals surface area contributed by atoms with Crippen LogP contribution in [0, 0.1) is 27.7 Å². The van der Waals surface area contributed by atoms with Crippen LogP contribution in [0.5, 0.6) is 11.5 Å². The van der Waals surface area contributed by atoms with Crippen LogP contribution in [0.1, 0.15) is 45.0 Å². The number of aromatic hydroxyl groups is 2. The molecule has 7 heteroatoms. The first kappa shape index (κ1) is 22.4. The van der Waals surface area contributed by atoms with Crippen molar-refractivity contribution in [3.63, 3.8) is 0 Å². The summed E-state index contributed by atoms with van der Waals surface area (Å²) in [4.78, 5) is 30.8. The fourth-order valence-corrected chi connectivity index (χ4v) is 4.41. The summed E-state index contributed by atoms with van der Waals surface area (Å²) in [7, 11) is 0. The largest absolute Gasteiger partial charge is 0.507 e. The zero-order valence-electron chi connectivity index (χ0n) is 19.7. The summed E-state index contributed by atoms with van der Waals surface area (Å²) in [6.07, 6.45) is 1.50. The Balaban J connectivity index is 1.91. The van der Waals surface area contributed by atoms with E-state index >= 15 is 0 Å². The van der Waals surface area contributed by atoms with Gasteiger partial charge in [0.2, 0.25) is 0 Å². The van der Waals surface area contributed by atoms with Gasteiger partial charge in [0.25, 0.3) is 0 Å². The summed E-state index contributed by atoms with van der Waals surface area (Å²) in [5, 5.41) is 23.3. The molecular formula is C28H23NO6. The number of hydrogen-bond donors (Lipinski definition) is 2. The number of aryl methyl sites for hydroxylation is 4. The van der Waals surface area contributed by atoms with Gasteiger partial charge in [-0.3, -0.25) is 4.98 Å². The number of nitrogens with zero attached hydrogens (tertiary/aromatic N) is 1. The summed E-state index contributed by atoms with van der Waals surface area (Å²) in [5.74, 6) is -1.91. The van der Waals surface area contributed by atoms with Gasteiger partial charge in [-0.1, -0.05) is 6.07 Å². The highest BCUT2D eigenvalue weighted by molar-refractivity contribution is 5.88. The van der Waals surface area contributed by atoms with Crippen LogP contribution in [-0.2, 0) is 0 Å². The average Bonchev–Trinajstić information content (AvgIpc) is 2.81. The van der Waals surface area contributed by atoms with Crippen molar-refractivity contribution >= 4 is 21.9 Å². The Morgan fingerprint density at radius 2 is 1.17 bits per heavy atom. The first-order valence-electron chi connectivity index (χ1n) is 11.1. The summed E-state index contributed by atoms with van der Waals surface area (Å²) in [6.45, 7) is 7.50. The third kappa shape index (κ3) is 3.56. The Hall–Kier alpha value is -4.39. The van der Waals surface area contributed by atoms with E-state index in [1.54, 1.807) is 42.5 Å². The van der Waals surface area contributed by atoms with Crippen LogP contribution in [0.4, 0.5) is 0 Å². The molecule has 176 valence electrons. The highest BCUT2D eigenvalue weighted by Gasteiger charge is 2.33. The topological polar surface area (TPSA) is 114 Å². The molecule has 0 aliphatic heterocycles. The molecule has 35 heavy (non-hydrogen) atoms. The Labute approximate surface area is 199 Å². The SMILES string of the molecule is Cc1cc2oc(=O)c(C(c3ccccn3)c3c(O)c4cc(C)c(C)cc4oc3=O)c(O)c2cc1C. The van der Waals surface area contributed by atoms with Gasteiger partial charge in [0.1, 0.15) is 22.7 Å². The maximum atomic E-state index is 13.3. The molecule has 0 unspecified atom stereocenters. The number of pyridine rings is 1. The molecule has 0 spiro atoms. The van der Waals surface area contributed by atoms with Gasteiger partial charge in [-0.2, -0.15) is 0 Å². The zero-order valence-corrected chi connectivity index (χ0v) is 19.7. The van der Waals surface area contributed by atoms with Crippen LogP contribution in [0.25, 0.3) is 21.9 Å². The third-order valence-electron chi connectivity index (χ3n) is 6.62. The third-order valence-corrected chi connectivity index (χ3v) is 6.62. The lowest BCUT2D eigenvalue weighted by Crippen LogP contribution is -2.22. The molecule has 0 bridgehead atoms. The lowest BCUT2D eigenvalue weighted by atomic mass is 9.87. The fraction of sp³-hybridized carbons (Fsp3) is 0.179. The fourth-order valence-electron chi connectivity index (χ4n) is 4.41. The molecule has 0 aliphatic rings. The van der Waals surface area contributed by atoms with Crippen LogP contribution in [-0.4, -0.2) is 15.2 Å². The van der Waals surface area contributed by atoms with Crippen molar-refractivity contribution in [1.82, 2.24) is 4.98 Å².